The number of carbonyl (C=O) groups is 4. The Morgan fingerprint density at radius 1 is 0.737 bits per heavy atom. The summed E-state index contributed by atoms with van der Waals surface area (Å²) in [5.41, 5.74) is 1.84. The van der Waals surface area contributed by atoms with Crippen LogP contribution in [0.25, 0.3) is 0 Å². The molecule has 2 rings (SSSR count). The molecule has 10 heteroatoms. The third-order valence-corrected chi connectivity index (χ3v) is 5.06. The Kier molecular flexibility index (Phi) is 13.5. The van der Waals surface area contributed by atoms with Gasteiger partial charge in [-0.2, -0.15) is 0 Å². The van der Waals surface area contributed by atoms with E-state index in [9.17, 15) is 19.2 Å². The Morgan fingerprint density at radius 2 is 1.18 bits per heavy atom. The molecule has 0 bridgehead atoms. The first-order valence-corrected chi connectivity index (χ1v) is 12.4. The van der Waals surface area contributed by atoms with Crippen LogP contribution in [0.15, 0.2) is 61.2 Å². The standard InChI is InChI=1S/C28H34N2O8/c1-3-20-36-26(32)17-11-22-8-14-24(15-9-22)38-28(34)30-19-5-18-29-27(33)37-23-12-6-21(7-13-23)10-16-25(31)35-4-2/h3,6-9,12-15H,1,4-5,10-11,16-20H2,2H3,(H,29,33)(H,30,34). The van der Waals surface area contributed by atoms with E-state index in [0.717, 1.165) is 11.1 Å². The van der Waals surface area contributed by atoms with Crippen molar-refractivity contribution in [3.63, 3.8) is 0 Å². The van der Waals surface area contributed by atoms with E-state index >= 15 is 0 Å². The molecule has 2 aromatic rings. The van der Waals surface area contributed by atoms with Crippen molar-refractivity contribution < 1.29 is 38.1 Å². The minimum atomic E-state index is -0.614. The van der Waals surface area contributed by atoms with E-state index in [-0.39, 0.29) is 25.0 Å². The fourth-order valence-electron chi connectivity index (χ4n) is 3.15. The number of nitrogens with one attached hydrogen (secondary N) is 2. The zero-order valence-electron chi connectivity index (χ0n) is 21.5. The maximum atomic E-state index is 12.0. The lowest BCUT2D eigenvalue weighted by Crippen LogP contribution is -2.32. The molecule has 0 saturated heterocycles. The van der Waals surface area contributed by atoms with Crippen molar-refractivity contribution in [1.82, 2.24) is 10.6 Å². The van der Waals surface area contributed by atoms with Crippen molar-refractivity contribution in [2.24, 2.45) is 0 Å². The van der Waals surface area contributed by atoms with Crippen molar-refractivity contribution in [2.75, 3.05) is 26.3 Å². The minimum absolute atomic E-state index is 0.192. The van der Waals surface area contributed by atoms with Crippen LogP contribution >= 0.6 is 0 Å². The molecule has 2 amide bonds. The number of aryl methyl sites for hydroxylation is 2. The van der Waals surface area contributed by atoms with Crippen LogP contribution in [0.5, 0.6) is 11.5 Å². The second kappa shape index (κ2) is 17.2. The van der Waals surface area contributed by atoms with Gasteiger partial charge in [0.15, 0.2) is 0 Å². The van der Waals surface area contributed by atoms with E-state index in [1.54, 1.807) is 55.5 Å². The summed E-state index contributed by atoms with van der Waals surface area (Å²) in [6.45, 7) is 6.39. The van der Waals surface area contributed by atoms with E-state index in [1.165, 1.54) is 6.08 Å². The molecule has 10 nitrogen and oxygen atoms in total. The number of carbonyl (C=O) groups excluding carboxylic acids is 4. The molecule has 0 radical (unpaired) electrons. The number of hydrogen-bond acceptors (Lipinski definition) is 8. The van der Waals surface area contributed by atoms with Crippen LogP contribution in [0.3, 0.4) is 0 Å². The summed E-state index contributed by atoms with van der Waals surface area (Å²) in [6.07, 6.45) is 2.36. The third kappa shape index (κ3) is 12.6. The topological polar surface area (TPSA) is 129 Å². The first kappa shape index (κ1) is 29.9. The lowest BCUT2D eigenvalue weighted by atomic mass is 10.1. The molecule has 2 aromatic carbocycles. The predicted octanol–water partition coefficient (Wildman–Crippen LogP) is 4.11. The van der Waals surface area contributed by atoms with Gasteiger partial charge in [-0.3, -0.25) is 9.59 Å². The Hall–Kier alpha value is -4.34. The van der Waals surface area contributed by atoms with E-state index in [1.807, 2.05) is 0 Å². The molecule has 2 N–H and O–H groups in total. The smallest absolute Gasteiger partial charge is 0.412 e. The van der Waals surface area contributed by atoms with Crippen LogP contribution in [0.1, 0.15) is 37.3 Å². The predicted molar refractivity (Wildman–Crippen MR) is 140 cm³/mol. The van der Waals surface area contributed by atoms with E-state index in [4.69, 9.17) is 18.9 Å². The first-order valence-electron chi connectivity index (χ1n) is 12.4. The van der Waals surface area contributed by atoms with Gasteiger partial charge in [0.1, 0.15) is 18.1 Å². The van der Waals surface area contributed by atoms with Crippen molar-refractivity contribution >= 4 is 24.1 Å². The van der Waals surface area contributed by atoms with Crippen LogP contribution < -0.4 is 20.1 Å². The van der Waals surface area contributed by atoms with Crippen LogP contribution in [0, 0.1) is 0 Å². The lowest BCUT2D eigenvalue weighted by molar-refractivity contribution is -0.143. The molecular weight excluding hydrogens is 492 g/mol. The Labute approximate surface area is 222 Å². The molecular formula is C28H34N2O8. The van der Waals surface area contributed by atoms with Gasteiger partial charge in [0.25, 0.3) is 0 Å². The van der Waals surface area contributed by atoms with E-state index in [2.05, 4.69) is 17.2 Å². The molecule has 0 saturated carbocycles. The molecule has 0 aliphatic carbocycles. The van der Waals surface area contributed by atoms with Crippen molar-refractivity contribution in [2.45, 2.75) is 39.0 Å². The average Bonchev–Trinajstić information content (AvgIpc) is 2.91. The number of benzene rings is 2. The Balaban J connectivity index is 1.57. The zero-order valence-corrected chi connectivity index (χ0v) is 21.5. The van der Waals surface area contributed by atoms with Gasteiger partial charge < -0.3 is 29.6 Å². The molecule has 0 heterocycles. The first-order chi connectivity index (χ1) is 18.4. The van der Waals surface area contributed by atoms with Gasteiger partial charge in [0, 0.05) is 25.9 Å². The van der Waals surface area contributed by atoms with Crippen LogP contribution in [0.4, 0.5) is 9.59 Å². The normalized spacial score (nSPS) is 10.1. The summed E-state index contributed by atoms with van der Waals surface area (Å²) in [6, 6.07) is 13.7. The quantitative estimate of drug-likeness (QED) is 0.202. The molecule has 0 aliphatic heterocycles. The van der Waals surface area contributed by atoms with Gasteiger partial charge in [-0.1, -0.05) is 36.9 Å². The summed E-state index contributed by atoms with van der Waals surface area (Å²) in [5, 5.41) is 5.22. The molecule has 0 atom stereocenters. The molecule has 204 valence electrons. The van der Waals surface area contributed by atoms with Crippen molar-refractivity contribution in [1.29, 1.82) is 0 Å². The van der Waals surface area contributed by atoms with Gasteiger partial charge in [0.2, 0.25) is 0 Å². The molecule has 0 unspecified atom stereocenters. The van der Waals surface area contributed by atoms with E-state index in [0.29, 0.717) is 56.9 Å². The number of ether oxygens (including phenoxy) is 4. The lowest BCUT2D eigenvalue weighted by Gasteiger charge is -2.09. The highest BCUT2D eigenvalue weighted by Crippen LogP contribution is 2.15. The van der Waals surface area contributed by atoms with Crippen LogP contribution in [0.2, 0.25) is 0 Å². The monoisotopic (exact) mass is 526 g/mol. The summed E-state index contributed by atoms with van der Waals surface area (Å²) >= 11 is 0. The van der Waals surface area contributed by atoms with Crippen LogP contribution in [-0.2, 0) is 31.9 Å². The molecule has 0 spiro atoms. The molecule has 0 fully saturated rings. The maximum absolute atomic E-state index is 12.0. The highest BCUT2D eigenvalue weighted by Gasteiger charge is 2.08. The fraction of sp³-hybridized carbons (Fsp3) is 0.357. The SMILES string of the molecule is C=CCOC(=O)CCc1ccc(OC(=O)NCCCNC(=O)Oc2ccc(CCC(=O)OCC)cc2)cc1. The minimum Gasteiger partial charge on any atom is -0.466 e. The number of amides is 2. The summed E-state index contributed by atoms with van der Waals surface area (Å²) < 4.78 is 20.3. The van der Waals surface area contributed by atoms with Gasteiger partial charge >= 0.3 is 24.1 Å². The van der Waals surface area contributed by atoms with Gasteiger partial charge in [-0.25, -0.2) is 9.59 Å². The van der Waals surface area contributed by atoms with Gasteiger partial charge in [-0.05, 0) is 61.6 Å². The average molecular weight is 527 g/mol. The highest BCUT2D eigenvalue weighted by molar-refractivity contribution is 5.71. The second-order valence-corrected chi connectivity index (χ2v) is 8.05. The number of hydrogen-bond donors (Lipinski definition) is 2. The summed E-state index contributed by atoms with van der Waals surface area (Å²) in [4.78, 5) is 46.9. The maximum Gasteiger partial charge on any atom is 0.412 e. The fourth-order valence-corrected chi connectivity index (χ4v) is 3.15. The number of esters is 2. The Morgan fingerprint density at radius 3 is 1.61 bits per heavy atom. The second-order valence-electron chi connectivity index (χ2n) is 8.05. The molecule has 0 aromatic heterocycles. The van der Waals surface area contributed by atoms with Gasteiger partial charge in [0.05, 0.1) is 6.61 Å². The van der Waals surface area contributed by atoms with Gasteiger partial charge in [-0.15, -0.1) is 0 Å². The van der Waals surface area contributed by atoms with E-state index < -0.39 is 12.2 Å². The Bertz CT molecular complexity index is 1050. The molecule has 0 aliphatic rings. The number of rotatable bonds is 15. The third-order valence-electron chi connectivity index (χ3n) is 5.06. The largest absolute Gasteiger partial charge is 0.466 e. The summed E-state index contributed by atoms with van der Waals surface area (Å²) in [5.74, 6) is 0.197. The molecule has 38 heavy (non-hydrogen) atoms. The van der Waals surface area contributed by atoms with Crippen molar-refractivity contribution in [3.8, 4) is 11.5 Å². The van der Waals surface area contributed by atoms with Crippen LogP contribution in [-0.4, -0.2) is 50.4 Å². The van der Waals surface area contributed by atoms with Crippen molar-refractivity contribution in [3.05, 3.63) is 72.3 Å². The highest BCUT2D eigenvalue weighted by atomic mass is 16.6. The summed E-state index contributed by atoms with van der Waals surface area (Å²) in [7, 11) is 0. The zero-order chi connectivity index (χ0) is 27.6.